The Hall–Kier alpha value is -3.31. The van der Waals surface area contributed by atoms with Gasteiger partial charge in [-0.05, 0) is 80.9 Å². The number of rotatable bonds is 8. The van der Waals surface area contributed by atoms with Crippen molar-refractivity contribution < 1.29 is 9.59 Å². The van der Waals surface area contributed by atoms with Crippen molar-refractivity contribution in [3.8, 4) is 22.4 Å². The maximum absolute atomic E-state index is 12.9. The van der Waals surface area contributed by atoms with E-state index in [1.807, 2.05) is 24.3 Å². The van der Waals surface area contributed by atoms with Crippen LogP contribution in [0.15, 0.2) is 66.9 Å². The van der Waals surface area contributed by atoms with Crippen LogP contribution in [0.25, 0.3) is 22.4 Å². The Morgan fingerprint density at radius 1 is 0.919 bits per heavy atom. The number of pyridine rings is 1. The number of amides is 1. The Balaban J connectivity index is 1.31. The lowest BCUT2D eigenvalue weighted by atomic mass is 9.72. The lowest BCUT2D eigenvalue weighted by Crippen LogP contribution is -2.43. The molecule has 5 nitrogen and oxygen atoms in total. The lowest BCUT2D eigenvalue weighted by Gasteiger charge is -2.38. The van der Waals surface area contributed by atoms with E-state index in [2.05, 4.69) is 41.7 Å². The van der Waals surface area contributed by atoms with Crippen molar-refractivity contribution in [2.75, 3.05) is 5.32 Å². The maximum Gasteiger partial charge on any atom is 0.224 e. The van der Waals surface area contributed by atoms with Crippen molar-refractivity contribution in [1.82, 2.24) is 4.98 Å². The van der Waals surface area contributed by atoms with Crippen molar-refractivity contribution in [3.05, 3.63) is 72.4 Å². The fraction of sp³-hybridized carbons (Fsp3) is 0.406. The summed E-state index contributed by atoms with van der Waals surface area (Å²) < 4.78 is 0. The zero-order chi connectivity index (χ0) is 25.8. The molecule has 2 aliphatic rings. The van der Waals surface area contributed by atoms with Gasteiger partial charge in [0.25, 0.3) is 0 Å². The first-order valence-corrected chi connectivity index (χ1v) is 13.6. The summed E-state index contributed by atoms with van der Waals surface area (Å²) in [5, 5.41) is 3.09. The van der Waals surface area contributed by atoms with Gasteiger partial charge in [-0.25, -0.2) is 0 Å². The Kier molecular flexibility index (Phi) is 7.52. The highest BCUT2D eigenvalue weighted by atomic mass is 16.1. The Labute approximate surface area is 219 Å². The van der Waals surface area contributed by atoms with Crippen molar-refractivity contribution in [1.29, 1.82) is 0 Å². The summed E-state index contributed by atoms with van der Waals surface area (Å²) in [5.74, 6) is 1.16. The molecule has 192 valence electrons. The van der Waals surface area contributed by atoms with Crippen molar-refractivity contribution in [2.24, 2.45) is 17.6 Å². The average Bonchev–Trinajstić information content (AvgIpc) is 2.89. The molecule has 0 saturated heterocycles. The summed E-state index contributed by atoms with van der Waals surface area (Å²) in [7, 11) is 0. The van der Waals surface area contributed by atoms with E-state index in [0.717, 1.165) is 60.9 Å². The van der Waals surface area contributed by atoms with Gasteiger partial charge < -0.3 is 15.8 Å². The number of nitrogens with one attached hydrogen (secondary N) is 1. The number of nitrogens with zero attached hydrogens (tertiary/aromatic N) is 1. The Morgan fingerprint density at radius 2 is 1.57 bits per heavy atom. The van der Waals surface area contributed by atoms with E-state index in [9.17, 15) is 9.59 Å². The van der Waals surface area contributed by atoms with Gasteiger partial charge in [0.05, 0.1) is 17.6 Å². The largest absolute Gasteiger partial charge is 0.325 e. The number of benzene rings is 2. The van der Waals surface area contributed by atoms with Gasteiger partial charge in [0.15, 0.2) is 0 Å². The Bertz CT molecular complexity index is 1240. The van der Waals surface area contributed by atoms with E-state index in [0.29, 0.717) is 30.4 Å². The number of nitrogens with two attached hydrogens (primary N) is 1. The summed E-state index contributed by atoms with van der Waals surface area (Å²) in [6, 6.07) is 20.7. The van der Waals surface area contributed by atoms with E-state index in [-0.39, 0.29) is 17.2 Å². The molecule has 0 bridgehead atoms. The molecule has 0 unspecified atom stereocenters. The molecule has 2 fully saturated rings. The van der Waals surface area contributed by atoms with Gasteiger partial charge in [0.1, 0.15) is 5.78 Å². The molecular weight excluding hydrogens is 458 g/mol. The molecule has 3 N–H and O–H groups in total. The maximum atomic E-state index is 12.9. The zero-order valence-corrected chi connectivity index (χ0v) is 21.7. The van der Waals surface area contributed by atoms with Crippen LogP contribution < -0.4 is 11.1 Å². The monoisotopic (exact) mass is 495 g/mol. The average molecular weight is 496 g/mol. The highest BCUT2D eigenvalue weighted by Crippen LogP contribution is 2.40. The first-order chi connectivity index (χ1) is 17.9. The number of carbonyl (C=O) groups excluding carboxylic acids is 2. The predicted octanol–water partition coefficient (Wildman–Crippen LogP) is 6.87. The van der Waals surface area contributed by atoms with Crippen molar-refractivity contribution in [2.45, 2.75) is 70.3 Å². The number of aromatic nitrogens is 1. The minimum atomic E-state index is -0.185. The molecule has 0 spiro atoms. The summed E-state index contributed by atoms with van der Waals surface area (Å²) in [4.78, 5) is 29.1. The van der Waals surface area contributed by atoms with Crippen LogP contribution in [0.3, 0.4) is 0 Å². The molecule has 0 radical (unpaired) electrons. The molecule has 5 heteroatoms. The van der Waals surface area contributed by atoms with Crippen LogP contribution in [0.5, 0.6) is 0 Å². The van der Waals surface area contributed by atoms with Gasteiger partial charge in [-0.2, -0.15) is 0 Å². The van der Waals surface area contributed by atoms with Crippen molar-refractivity contribution in [3.63, 3.8) is 0 Å². The van der Waals surface area contributed by atoms with Gasteiger partial charge in [-0.1, -0.05) is 54.6 Å². The summed E-state index contributed by atoms with van der Waals surface area (Å²) in [6.07, 6.45) is 10.3. The highest BCUT2D eigenvalue weighted by Gasteiger charge is 2.34. The van der Waals surface area contributed by atoms with Crippen LogP contribution in [0.1, 0.15) is 70.3 Å². The van der Waals surface area contributed by atoms with Crippen LogP contribution in [0.4, 0.5) is 5.69 Å². The normalized spacial score (nSPS) is 20.6. The smallest absolute Gasteiger partial charge is 0.224 e. The molecule has 2 saturated carbocycles. The van der Waals surface area contributed by atoms with E-state index < -0.39 is 0 Å². The summed E-state index contributed by atoms with van der Waals surface area (Å²) in [5.41, 5.74) is 12.2. The van der Waals surface area contributed by atoms with Gasteiger partial charge in [0, 0.05) is 29.5 Å². The van der Waals surface area contributed by atoms with Crippen molar-refractivity contribution >= 4 is 17.4 Å². The van der Waals surface area contributed by atoms with Crippen LogP contribution in [-0.4, -0.2) is 16.7 Å². The Morgan fingerprint density at radius 3 is 2.16 bits per heavy atom. The standard InChI is InChI=1S/C32H37N3O2/c1-22(36)18-23-8-10-24(11-9-23)19-30(37)35-28-20-29(25-6-3-2-4-7-25)31(34-21-28)26-12-14-27(15-13-26)32(33)16-5-17-32/h2-4,6-7,12-15,20-21,23-24H,5,8-11,16-19,33H2,1H3,(H,35,37). The molecule has 1 aromatic heterocycles. The molecule has 2 aliphatic carbocycles. The minimum Gasteiger partial charge on any atom is -0.325 e. The number of carbonyl (C=O) groups is 2. The number of anilines is 1. The second-order valence-corrected chi connectivity index (χ2v) is 11.1. The molecule has 1 heterocycles. The molecule has 1 amide bonds. The third-order valence-corrected chi connectivity index (χ3v) is 8.25. The van der Waals surface area contributed by atoms with Crippen LogP contribution in [0.2, 0.25) is 0 Å². The first-order valence-electron chi connectivity index (χ1n) is 13.6. The minimum absolute atomic E-state index is 0.0293. The molecular formula is C32H37N3O2. The molecule has 5 rings (SSSR count). The van der Waals surface area contributed by atoms with Gasteiger partial charge in [-0.3, -0.25) is 9.78 Å². The highest BCUT2D eigenvalue weighted by molar-refractivity contribution is 5.93. The van der Waals surface area contributed by atoms with E-state index >= 15 is 0 Å². The third kappa shape index (κ3) is 5.99. The van der Waals surface area contributed by atoms with Crippen LogP contribution >= 0.6 is 0 Å². The second-order valence-electron chi connectivity index (χ2n) is 11.1. The fourth-order valence-electron chi connectivity index (χ4n) is 5.93. The lowest BCUT2D eigenvalue weighted by molar-refractivity contribution is -0.119. The first kappa shape index (κ1) is 25.3. The van der Waals surface area contributed by atoms with Gasteiger partial charge in [-0.15, -0.1) is 0 Å². The number of ketones is 1. The molecule has 0 atom stereocenters. The van der Waals surface area contributed by atoms with Gasteiger partial charge in [0.2, 0.25) is 5.91 Å². The van der Waals surface area contributed by atoms with Crippen LogP contribution in [-0.2, 0) is 15.1 Å². The number of hydrogen-bond acceptors (Lipinski definition) is 4. The molecule has 3 aromatic rings. The molecule has 0 aliphatic heterocycles. The topological polar surface area (TPSA) is 85.1 Å². The molecule has 2 aromatic carbocycles. The van der Waals surface area contributed by atoms with Crippen LogP contribution in [0, 0.1) is 11.8 Å². The number of hydrogen-bond donors (Lipinski definition) is 2. The van der Waals surface area contributed by atoms with Gasteiger partial charge >= 0.3 is 0 Å². The SMILES string of the molecule is CC(=O)CC1CCC(CC(=O)Nc2cnc(-c3ccc(C4(N)CCC4)cc3)c(-c3ccccc3)c2)CC1. The van der Waals surface area contributed by atoms with E-state index in [1.165, 1.54) is 12.0 Å². The quantitative estimate of drug-likeness (QED) is 0.357. The third-order valence-electron chi connectivity index (χ3n) is 8.25. The zero-order valence-electron chi connectivity index (χ0n) is 21.7. The second kappa shape index (κ2) is 11.0. The predicted molar refractivity (Wildman–Crippen MR) is 149 cm³/mol. The van der Waals surface area contributed by atoms with E-state index in [4.69, 9.17) is 10.7 Å². The summed E-state index contributed by atoms with van der Waals surface area (Å²) in [6.45, 7) is 1.67. The number of Topliss-reactive ketones (excluding diaryl/α,β-unsaturated/α-hetero) is 1. The van der Waals surface area contributed by atoms with E-state index in [1.54, 1.807) is 13.1 Å². The summed E-state index contributed by atoms with van der Waals surface area (Å²) >= 11 is 0. The fourth-order valence-corrected chi connectivity index (χ4v) is 5.93. The molecule has 37 heavy (non-hydrogen) atoms.